The Hall–Kier alpha value is -3.15. The van der Waals surface area contributed by atoms with Crippen LogP contribution in [-0.2, 0) is 13.0 Å². The molecule has 0 saturated heterocycles. The van der Waals surface area contributed by atoms with E-state index >= 15 is 0 Å². The first-order valence-corrected chi connectivity index (χ1v) is 7.50. The van der Waals surface area contributed by atoms with E-state index < -0.39 is 5.69 Å². The van der Waals surface area contributed by atoms with Gasteiger partial charge in [0.15, 0.2) is 11.5 Å². The Kier molecular flexibility index (Phi) is 4.56. The average Bonchev–Trinajstić information content (AvgIpc) is 2.91. The van der Waals surface area contributed by atoms with Crippen LogP contribution >= 0.6 is 0 Å². The van der Waals surface area contributed by atoms with Gasteiger partial charge in [0.05, 0.1) is 12.8 Å². The molecule has 0 aliphatic carbocycles. The average molecular weight is 326 g/mol. The minimum atomic E-state index is -0.447. The van der Waals surface area contributed by atoms with Gasteiger partial charge in [-0.3, -0.25) is 4.98 Å². The molecule has 0 aliphatic heterocycles. The van der Waals surface area contributed by atoms with Crippen LogP contribution in [0.2, 0.25) is 0 Å². The maximum atomic E-state index is 11.3. The van der Waals surface area contributed by atoms with Crippen LogP contribution in [0.3, 0.4) is 0 Å². The van der Waals surface area contributed by atoms with E-state index in [9.17, 15) is 9.90 Å². The van der Waals surface area contributed by atoms with Crippen molar-refractivity contribution in [1.82, 2.24) is 9.97 Å². The first-order chi connectivity index (χ1) is 11.7. The molecular weight excluding hydrogens is 308 g/mol. The third-order valence-corrected chi connectivity index (χ3v) is 3.66. The summed E-state index contributed by atoms with van der Waals surface area (Å²) in [5.74, 6) is 1.02. The van der Waals surface area contributed by atoms with Crippen LogP contribution in [0.5, 0.6) is 17.4 Å². The van der Waals surface area contributed by atoms with Crippen molar-refractivity contribution in [1.29, 1.82) is 0 Å². The Labute approximate surface area is 138 Å². The van der Waals surface area contributed by atoms with E-state index in [4.69, 9.17) is 9.47 Å². The summed E-state index contributed by atoms with van der Waals surface area (Å²) in [5.41, 5.74) is 1.79. The molecule has 0 amide bonds. The predicted molar refractivity (Wildman–Crippen MR) is 89.7 cm³/mol. The van der Waals surface area contributed by atoms with Gasteiger partial charge in [-0.25, -0.2) is 4.79 Å². The van der Waals surface area contributed by atoms with Crippen molar-refractivity contribution in [3.05, 3.63) is 75.8 Å². The Balaban J connectivity index is 1.88. The van der Waals surface area contributed by atoms with E-state index in [-0.39, 0.29) is 5.88 Å². The van der Waals surface area contributed by atoms with Gasteiger partial charge >= 0.3 is 5.69 Å². The maximum Gasteiger partial charge on any atom is 0.325 e. The lowest BCUT2D eigenvalue weighted by Crippen LogP contribution is -2.03. The largest absolute Gasteiger partial charge is 0.493 e. The summed E-state index contributed by atoms with van der Waals surface area (Å²) in [5, 5.41) is 9.76. The number of ether oxygens (including phenoxy) is 2. The number of aromatic nitrogens is 2. The molecule has 2 aromatic carbocycles. The smallest absolute Gasteiger partial charge is 0.325 e. The van der Waals surface area contributed by atoms with E-state index in [0.29, 0.717) is 30.2 Å². The number of imidazole rings is 1. The summed E-state index contributed by atoms with van der Waals surface area (Å²) < 4.78 is 11.3. The van der Waals surface area contributed by atoms with E-state index in [1.807, 2.05) is 48.5 Å². The molecule has 6 nitrogen and oxygen atoms in total. The van der Waals surface area contributed by atoms with Crippen LogP contribution in [0.25, 0.3) is 0 Å². The van der Waals surface area contributed by atoms with Gasteiger partial charge in [0.2, 0.25) is 5.88 Å². The number of aromatic amines is 2. The van der Waals surface area contributed by atoms with Gasteiger partial charge in [-0.2, -0.15) is 0 Å². The fraction of sp³-hybridized carbons (Fsp3) is 0.167. The van der Waals surface area contributed by atoms with Gasteiger partial charge < -0.3 is 19.6 Å². The number of benzene rings is 2. The number of H-pyrrole nitrogens is 2. The molecule has 124 valence electrons. The van der Waals surface area contributed by atoms with Gasteiger partial charge in [-0.1, -0.05) is 42.5 Å². The van der Waals surface area contributed by atoms with Crippen molar-refractivity contribution in [2.24, 2.45) is 0 Å². The fourth-order valence-electron chi connectivity index (χ4n) is 2.48. The zero-order chi connectivity index (χ0) is 16.9. The van der Waals surface area contributed by atoms with Crippen LogP contribution in [0.1, 0.15) is 16.8 Å². The first kappa shape index (κ1) is 15.7. The van der Waals surface area contributed by atoms with Crippen LogP contribution in [0.15, 0.2) is 53.3 Å². The number of hydrogen-bond donors (Lipinski definition) is 3. The SMILES string of the molecule is COc1cccc(Cc2[nH]c(=O)[nH]c2O)c1OCc1ccccc1. The number of methoxy groups -OCH3 is 1. The molecule has 24 heavy (non-hydrogen) atoms. The molecule has 0 fully saturated rings. The summed E-state index contributed by atoms with van der Waals surface area (Å²) in [6.07, 6.45) is 0.311. The lowest BCUT2D eigenvalue weighted by molar-refractivity contribution is 0.281. The third-order valence-electron chi connectivity index (χ3n) is 3.66. The Morgan fingerprint density at radius 1 is 1.04 bits per heavy atom. The molecular formula is C18H18N2O4. The van der Waals surface area contributed by atoms with Gasteiger partial charge in [0.25, 0.3) is 0 Å². The summed E-state index contributed by atoms with van der Waals surface area (Å²) in [4.78, 5) is 16.2. The van der Waals surface area contributed by atoms with E-state index in [1.165, 1.54) is 0 Å². The zero-order valence-electron chi connectivity index (χ0n) is 13.2. The summed E-state index contributed by atoms with van der Waals surface area (Å²) >= 11 is 0. The molecule has 0 radical (unpaired) electrons. The summed E-state index contributed by atoms with van der Waals surface area (Å²) in [7, 11) is 1.57. The molecule has 0 atom stereocenters. The topological polar surface area (TPSA) is 87.3 Å². The van der Waals surface area contributed by atoms with Crippen molar-refractivity contribution in [3.63, 3.8) is 0 Å². The minimum Gasteiger partial charge on any atom is -0.493 e. The molecule has 0 saturated carbocycles. The number of aromatic hydroxyl groups is 1. The number of rotatable bonds is 6. The van der Waals surface area contributed by atoms with Gasteiger partial charge in [0, 0.05) is 12.0 Å². The van der Waals surface area contributed by atoms with Gasteiger partial charge in [0.1, 0.15) is 6.61 Å². The van der Waals surface area contributed by atoms with E-state index in [0.717, 1.165) is 11.1 Å². The number of nitrogens with one attached hydrogen (secondary N) is 2. The molecule has 0 spiro atoms. The molecule has 3 aromatic rings. The van der Waals surface area contributed by atoms with Crippen molar-refractivity contribution < 1.29 is 14.6 Å². The molecule has 6 heteroatoms. The van der Waals surface area contributed by atoms with Crippen LogP contribution in [0.4, 0.5) is 0 Å². The monoisotopic (exact) mass is 326 g/mol. The third kappa shape index (κ3) is 3.43. The van der Waals surface area contributed by atoms with Crippen molar-refractivity contribution in [3.8, 4) is 17.4 Å². The van der Waals surface area contributed by atoms with Gasteiger partial charge in [-0.05, 0) is 11.6 Å². The van der Waals surface area contributed by atoms with Crippen molar-refractivity contribution in [2.75, 3.05) is 7.11 Å². The van der Waals surface area contributed by atoms with Crippen molar-refractivity contribution in [2.45, 2.75) is 13.0 Å². The lowest BCUT2D eigenvalue weighted by atomic mass is 10.1. The molecule has 0 unspecified atom stereocenters. The molecule has 1 heterocycles. The van der Waals surface area contributed by atoms with Crippen molar-refractivity contribution >= 4 is 0 Å². The Morgan fingerprint density at radius 2 is 1.83 bits per heavy atom. The van der Waals surface area contributed by atoms with Crippen LogP contribution in [0, 0.1) is 0 Å². The highest BCUT2D eigenvalue weighted by atomic mass is 16.5. The standard InChI is InChI=1S/C18H18N2O4/c1-23-15-9-5-8-13(10-14-17(21)20-18(22)19-14)16(15)24-11-12-6-3-2-4-7-12/h2-9,21H,10-11H2,1H3,(H2,19,20,22). The highest BCUT2D eigenvalue weighted by Crippen LogP contribution is 2.33. The number of hydrogen-bond acceptors (Lipinski definition) is 4. The molecule has 3 rings (SSSR count). The first-order valence-electron chi connectivity index (χ1n) is 7.50. The second kappa shape index (κ2) is 6.95. The number of para-hydroxylation sites is 1. The molecule has 0 aliphatic rings. The second-order valence-corrected chi connectivity index (χ2v) is 5.31. The Bertz CT molecular complexity index is 868. The van der Waals surface area contributed by atoms with E-state index in [1.54, 1.807) is 7.11 Å². The highest BCUT2D eigenvalue weighted by Gasteiger charge is 2.14. The molecule has 3 N–H and O–H groups in total. The summed E-state index contributed by atoms with van der Waals surface area (Å²) in [6.45, 7) is 0.393. The van der Waals surface area contributed by atoms with Gasteiger partial charge in [-0.15, -0.1) is 0 Å². The van der Waals surface area contributed by atoms with Crippen LogP contribution in [-0.4, -0.2) is 22.2 Å². The fourth-order valence-corrected chi connectivity index (χ4v) is 2.48. The molecule has 0 bridgehead atoms. The molecule has 1 aromatic heterocycles. The zero-order valence-corrected chi connectivity index (χ0v) is 13.2. The Morgan fingerprint density at radius 3 is 2.50 bits per heavy atom. The predicted octanol–water partition coefficient (Wildman–Crippen LogP) is 2.59. The second-order valence-electron chi connectivity index (χ2n) is 5.31. The van der Waals surface area contributed by atoms with Crippen LogP contribution < -0.4 is 15.2 Å². The minimum absolute atomic E-state index is 0.170. The normalized spacial score (nSPS) is 10.5. The lowest BCUT2D eigenvalue weighted by Gasteiger charge is -2.15. The highest BCUT2D eigenvalue weighted by molar-refractivity contribution is 5.48. The van der Waals surface area contributed by atoms with E-state index in [2.05, 4.69) is 9.97 Å². The maximum absolute atomic E-state index is 11.3. The summed E-state index contributed by atoms with van der Waals surface area (Å²) in [6, 6.07) is 15.3. The quantitative estimate of drug-likeness (QED) is 0.650.